The first kappa shape index (κ1) is 13.0. The summed E-state index contributed by atoms with van der Waals surface area (Å²) in [6.07, 6.45) is 1.25. The zero-order valence-electron chi connectivity index (χ0n) is 11.0. The number of hydrogen-bond donors (Lipinski definition) is 1. The summed E-state index contributed by atoms with van der Waals surface area (Å²) >= 11 is 1.82. The Bertz CT molecular complexity index is 334. The van der Waals surface area contributed by atoms with Gasteiger partial charge in [-0.25, -0.2) is 0 Å². The number of rotatable bonds is 4. The van der Waals surface area contributed by atoms with E-state index in [1.165, 1.54) is 11.3 Å². The van der Waals surface area contributed by atoms with Crippen LogP contribution in [0.2, 0.25) is 0 Å². The molecule has 0 spiro atoms. The van der Waals surface area contributed by atoms with E-state index in [0.717, 1.165) is 13.1 Å². The van der Waals surface area contributed by atoms with Crippen molar-refractivity contribution in [3.05, 3.63) is 22.4 Å². The van der Waals surface area contributed by atoms with Crippen molar-refractivity contribution < 1.29 is 0 Å². The van der Waals surface area contributed by atoms with E-state index in [0.29, 0.717) is 12.1 Å². The van der Waals surface area contributed by atoms with Gasteiger partial charge in [-0.2, -0.15) is 0 Å². The fourth-order valence-corrected chi connectivity index (χ4v) is 3.65. The SMILES string of the molecule is CC(N)C(c1cccs1)N1CCC(N(C)C)C1. The minimum atomic E-state index is 0.189. The van der Waals surface area contributed by atoms with E-state index in [1.807, 2.05) is 11.3 Å². The lowest BCUT2D eigenvalue weighted by Gasteiger charge is -2.30. The molecule has 0 saturated carbocycles. The first-order chi connectivity index (χ1) is 8.09. The molecule has 96 valence electrons. The Hall–Kier alpha value is -0.420. The van der Waals surface area contributed by atoms with Crippen molar-refractivity contribution >= 4 is 11.3 Å². The molecule has 2 N–H and O–H groups in total. The van der Waals surface area contributed by atoms with Crippen LogP contribution >= 0.6 is 11.3 Å². The van der Waals surface area contributed by atoms with Gasteiger partial charge in [0, 0.05) is 30.1 Å². The quantitative estimate of drug-likeness (QED) is 0.887. The topological polar surface area (TPSA) is 32.5 Å². The van der Waals surface area contributed by atoms with Crippen molar-refractivity contribution in [3.63, 3.8) is 0 Å². The van der Waals surface area contributed by atoms with Crippen LogP contribution in [0.4, 0.5) is 0 Å². The van der Waals surface area contributed by atoms with Gasteiger partial charge < -0.3 is 10.6 Å². The van der Waals surface area contributed by atoms with Crippen molar-refractivity contribution in [1.29, 1.82) is 0 Å². The second kappa shape index (κ2) is 5.48. The summed E-state index contributed by atoms with van der Waals surface area (Å²) in [6, 6.07) is 5.59. The van der Waals surface area contributed by atoms with Gasteiger partial charge in [0.1, 0.15) is 0 Å². The van der Waals surface area contributed by atoms with Gasteiger partial charge in [-0.15, -0.1) is 11.3 Å². The number of nitrogens with zero attached hydrogens (tertiary/aromatic N) is 2. The summed E-state index contributed by atoms with van der Waals surface area (Å²) in [6.45, 7) is 4.41. The lowest BCUT2D eigenvalue weighted by molar-refractivity contribution is 0.200. The number of thiophene rings is 1. The third-order valence-corrected chi connectivity index (χ3v) is 4.59. The van der Waals surface area contributed by atoms with Gasteiger partial charge in [0.15, 0.2) is 0 Å². The van der Waals surface area contributed by atoms with Crippen LogP contribution in [0.5, 0.6) is 0 Å². The summed E-state index contributed by atoms with van der Waals surface area (Å²) in [5, 5.41) is 2.14. The Morgan fingerprint density at radius 3 is 2.76 bits per heavy atom. The van der Waals surface area contributed by atoms with Crippen molar-refractivity contribution in [2.24, 2.45) is 5.73 Å². The van der Waals surface area contributed by atoms with Gasteiger partial charge >= 0.3 is 0 Å². The fraction of sp³-hybridized carbons (Fsp3) is 0.692. The second-order valence-corrected chi connectivity index (χ2v) is 6.20. The zero-order chi connectivity index (χ0) is 12.4. The Balaban J connectivity index is 2.09. The van der Waals surface area contributed by atoms with Gasteiger partial charge in [0.2, 0.25) is 0 Å². The number of likely N-dealkylation sites (tertiary alicyclic amines) is 1. The van der Waals surface area contributed by atoms with E-state index in [2.05, 4.69) is 48.3 Å². The molecule has 0 amide bonds. The minimum Gasteiger partial charge on any atom is -0.326 e. The highest BCUT2D eigenvalue weighted by Crippen LogP contribution is 2.31. The second-order valence-electron chi connectivity index (χ2n) is 5.22. The molecule has 1 aromatic rings. The molecule has 4 heteroatoms. The maximum absolute atomic E-state index is 6.18. The molecule has 2 heterocycles. The molecule has 0 aliphatic carbocycles. The summed E-state index contributed by atoms with van der Waals surface area (Å²) in [7, 11) is 4.33. The molecule has 3 unspecified atom stereocenters. The standard InChI is InChI=1S/C13H23N3S/c1-10(14)13(12-5-4-8-17-12)16-7-6-11(9-16)15(2)3/h4-5,8,10-11,13H,6-7,9,14H2,1-3H3. The molecule has 3 atom stereocenters. The molecule has 0 bridgehead atoms. The van der Waals surface area contributed by atoms with Crippen LogP contribution < -0.4 is 5.73 Å². The lowest BCUT2D eigenvalue weighted by Crippen LogP contribution is -2.39. The number of nitrogens with two attached hydrogens (primary N) is 1. The summed E-state index contributed by atoms with van der Waals surface area (Å²) in [5.74, 6) is 0. The first-order valence-corrected chi connectivity index (χ1v) is 7.17. The smallest absolute Gasteiger partial charge is 0.0591 e. The van der Waals surface area contributed by atoms with E-state index < -0.39 is 0 Å². The van der Waals surface area contributed by atoms with E-state index in [9.17, 15) is 0 Å². The predicted molar refractivity (Wildman–Crippen MR) is 74.4 cm³/mol. The molecule has 1 aliphatic rings. The summed E-state index contributed by atoms with van der Waals surface area (Å²) in [5.41, 5.74) is 6.18. The van der Waals surface area contributed by atoms with Crippen LogP contribution in [0.3, 0.4) is 0 Å². The van der Waals surface area contributed by atoms with Gasteiger partial charge in [-0.1, -0.05) is 6.07 Å². The zero-order valence-corrected chi connectivity index (χ0v) is 11.8. The molecular formula is C13H23N3S. The van der Waals surface area contributed by atoms with Gasteiger partial charge in [0.25, 0.3) is 0 Å². The predicted octanol–water partition coefficient (Wildman–Crippen LogP) is 1.77. The first-order valence-electron chi connectivity index (χ1n) is 6.29. The molecule has 1 saturated heterocycles. The lowest BCUT2D eigenvalue weighted by atomic mass is 10.1. The Kier molecular flexibility index (Phi) is 4.20. The maximum atomic E-state index is 6.18. The Morgan fingerprint density at radius 1 is 1.53 bits per heavy atom. The van der Waals surface area contributed by atoms with Crippen LogP contribution in [0.25, 0.3) is 0 Å². The van der Waals surface area contributed by atoms with Crippen molar-refractivity contribution in [3.8, 4) is 0 Å². The van der Waals surface area contributed by atoms with E-state index in [-0.39, 0.29) is 6.04 Å². The molecule has 0 radical (unpaired) electrons. The van der Waals surface area contributed by atoms with Crippen LogP contribution in [-0.4, -0.2) is 49.1 Å². The van der Waals surface area contributed by atoms with E-state index in [4.69, 9.17) is 5.73 Å². The largest absolute Gasteiger partial charge is 0.326 e. The molecule has 3 nitrogen and oxygen atoms in total. The fourth-order valence-electron chi connectivity index (χ4n) is 2.67. The highest BCUT2D eigenvalue weighted by atomic mass is 32.1. The summed E-state index contributed by atoms with van der Waals surface area (Å²) in [4.78, 5) is 6.27. The summed E-state index contributed by atoms with van der Waals surface area (Å²) < 4.78 is 0. The third-order valence-electron chi connectivity index (χ3n) is 3.65. The Morgan fingerprint density at radius 2 is 2.29 bits per heavy atom. The highest BCUT2D eigenvalue weighted by molar-refractivity contribution is 7.10. The van der Waals surface area contributed by atoms with Gasteiger partial charge in [-0.3, -0.25) is 4.90 Å². The van der Waals surface area contributed by atoms with Crippen molar-refractivity contribution in [1.82, 2.24) is 9.80 Å². The molecule has 1 aromatic heterocycles. The molecule has 0 aromatic carbocycles. The highest BCUT2D eigenvalue weighted by Gasteiger charge is 2.32. The van der Waals surface area contributed by atoms with E-state index in [1.54, 1.807) is 0 Å². The third kappa shape index (κ3) is 2.88. The maximum Gasteiger partial charge on any atom is 0.0591 e. The van der Waals surface area contributed by atoms with Crippen molar-refractivity contribution in [2.45, 2.75) is 31.5 Å². The van der Waals surface area contributed by atoms with Gasteiger partial charge in [-0.05, 0) is 38.9 Å². The van der Waals surface area contributed by atoms with Gasteiger partial charge in [0.05, 0.1) is 6.04 Å². The van der Waals surface area contributed by atoms with E-state index >= 15 is 0 Å². The average molecular weight is 253 g/mol. The Labute approximate surface area is 108 Å². The van der Waals surface area contributed by atoms with Crippen molar-refractivity contribution in [2.75, 3.05) is 27.2 Å². The molecule has 17 heavy (non-hydrogen) atoms. The molecular weight excluding hydrogens is 230 g/mol. The number of likely N-dealkylation sites (N-methyl/N-ethyl adjacent to an activating group) is 1. The van der Waals surface area contributed by atoms with Crippen LogP contribution in [-0.2, 0) is 0 Å². The molecule has 1 aliphatic heterocycles. The average Bonchev–Trinajstić information content (AvgIpc) is 2.88. The molecule has 1 fully saturated rings. The van der Waals surface area contributed by atoms with Crippen LogP contribution in [0.1, 0.15) is 24.3 Å². The minimum absolute atomic E-state index is 0.189. The molecule has 2 rings (SSSR count). The van der Waals surface area contributed by atoms with Crippen LogP contribution in [0.15, 0.2) is 17.5 Å². The monoisotopic (exact) mass is 253 g/mol. The van der Waals surface area contributed by atoms with Crippen LogP contribution in [0, 0.1) is 0 Å². The normalized spacial score (nSPS) is 25.4. The number of hydrogen-bond acceptors (Lipinski definition) is 4.